The lowest BCUT2D eigenvalue weighted by molar-refractivity contribution is -0.130. The number of aliphatic hydroxyl groups is 1. The molecule has 3 amide bonds. The van der Waals surface area contributed by atoms with Gasteiger partial charge in [-0.25, -0.2) is 13.6 Å². The van der Waals surface area contributed by atoms with Gasteiger partial charge in [-0.15, -0.1) is 0 Å². The third kappa shape index (κ3) is 9.92. The minimum Gasteiger partial charge on any atom is -0.434 e. The first-order valence-electron chi connectivity index (χ1n) is 15.7. The molecule has 3 N–H and O–H groups in total. The summed E-state index contributed by atoms with van der Waals surface area (Å²) in [5.41, 5.74) is 1.85. The van der Waals surface area contributed by atoms with Crippen molar-refractivity contribution in [2.45, 2.75) is 70.7 Å². The monoisotopic (exact) mass is 649 g/mol. The molecule has 1 unspecified atom stereocenters. The molecule has 4 rings (SSSR count). The number of benzene rings is 3. The summed E-state index contributed by atoms with van der Waals surface area (Å²) >= 11 is 0. The smallest absolute Gasteiger partial charge is 0.415 e. The zero-order valence-corrected chi connectivity index (χ0v) is 26.7. The Morgan fingerprint density at radius 2 is 1.53 bits per heavy atom. The van der Waals surface area contributed by atoms with E-state index in [0.29, 0.717) is 6.42 Å². The van der Waals surface area contributed by atoms with E-state index in [2.05, 4.69) is 10.6 Å². The Morgan fingerprint density at radius 3 is 2.11 bits per heavy atom. The lowest BCUT2D eigenvalue weighted by atomic mass is 9.84. The number of carbonyl (C=O) groups excluding carboxylic acids is 4. The molecule has 9 nitrogen and oxygen atoms in total. The van der Waals surface area contributed by atoms with Gasteiger partial charge in [0.15, 0.2) is 23.5 Å². The van der Waals surface area contributed by atoms with Crippen molar-refractivity contribution in [2.75, 3.05) is 11.4 Å². The van der Waals surface area contributed by atoms with Crippen molar-refractivity contribution in [1.29, 1.82) is 0 Å². The van der Waals surface area contributed by atoms with Gasteiger partial charge in [0.05, 0.1) is 30.4 Å². The zero-order valence-electron chi connectivity index (χ0n) is 26.7. The highest BCUT2D eigenvalue weighted by atomic mass is 19.2. The number of ketones is 1. The Bertz CT molecular complexity index is 1540. The third-order valence-electron chi connectivity index (χ3n) is 8.21. The van der Waals surface area contributed by atoms with Crippen LogP contribution < -0.4 is 15.5 Å². The van der Waals surface area contributed by atoms with Gasteiger partial charge in [0, 0.05) is 19.4 Å². The topological polar surface area (TPSA) is 125 Å². The third-order valence-corrected chi connectivity index (χ3v) is 8.21. The van der Waals surface area contributed by atoms with Gasteiger partial charge in [-0.2, -0.15) is 0 Å². The standard InChI is InChI=1S/C36H41F2N3O6/c1-22(2)34(39-23(3)42)32(44)19-26(16-24-10-6-4-7-11-24)18-31(43)30(17-25-12-8-5-9-13-25)40-35(45)33-21-41(36(46)47-33)27-14-15-28(37)29(38)20-27/h4-15,20,22,26,30-31,33-34,43H,16-19,21H2,1-3H3,(H,39,42)(H,40,45)/t26-,30-,31-,33?,34-/m0/s1. The summed E-state index contributed by atoms with van der Waals surface area (Å²) in [5.74, 6) is -3.81. The molecule has 1 saturated heterocycles. The molecule has 1 aliphatic heterocycles. The summed E-state index contributed by atoms with van der Waals surface area (Å²) < 4.78 is 32.6. The van der Waals surface area contributed by atoms with Crippen molar-refractivity contribution in [1.82, 2.24) is 10.6 Å². The van der Waals surface area contributed by atoms with Crippen LogP contribution in [0.4, 0.5) is 19.3 Å². The number of nitrogens with one attached hydrogen (secondary N) is 2. The number of cyclic esters (lactones) is 1. The van der Waals surface area contributed by atoms with E-state index >= 15 is 0 Å². The molecule has 0 radical (unpaired) electrons. The van der Waals surface area contributed by atoms with Gasteiger partial charge in [0.2, 0.25) is 5.91 Å². The van der Waals surface area contributed by atoms with Crippen molar-refractivity contribution < 1.29 is 37.8 Å². The Morgan fingerprint density at radius 1 is 0.915 bits per heavy atom. The SMILES string of the molecule is CC(=O)N[C@H](C(=O)C[C@@H](Cc1ccccc1)C[C@H](O)[C@H](Cc1ccccc1)NC(=O)C1CN(c2ccc(F)c(F)c2)C(=O)O1)C(C)C. The highest BCUT2D eigenvalue weighted by Crippen LogP contribution is 2.26. The number of halogens is 2. The van der Waals surface area contributed by atoms with Crippen LogP contribution >= 0.6 is 0 Å². The molecule has 0 spiro atoms. The fraction of sp³-hybridized carbons (Fsp3) is 0.389. The van der Waals surface area contributed by atoms with Crippen molar-refractivity contribution in [3.05, 3.63) is 102 Å². The van der Waals surface area contributed by atoms with Crippen molar-refractivity contribution in [3.8, 4) is 0 Å². The van der Waals surface area contributed by atoms with Gasteiger partial charge in [0.1, 0.15) is 0 Å². The lowest BCUT2D eigenvalue weighted by Gasteiger charge is -2.29. The van der Waals surface area contributed by atoms with Gasteiger partial charge in [-0.05, 0) is 54.4 Å². The molecule has 47 heavy (non-hydrogen) atoms. The predicted molar refractivity (Wildman–Crippen MR) is 172 cm³/mol. The van der Waals surface area contributed by atoms with E-state index in [0.717, 1.165) is 28.2 Å². The van der Waals surface area contributed by atoms with E-state index in [9.17, 15) is 33.1 Å². The largest absolute Gasteiger partial charge is 0.434 e. The van der Waals surface area contributed by atoms with Crippen LogP contribution in [0.1, 0.15) is 44.7 Å². The molecule has 1 heterocycles. The van der Waals surface area contributed by atoms with Gasteiger partial charge in [-0.3, -0.25) is 19.3 Å². The normalized spacial score (nSPS) is 17.0. The van der Waals surface area contributed by atoms with Crippen LogP contribution in [-0.4, -0.2) is 59.6 Å². The Hall–Kier alpha value is -4.64. The molecule has 3 aromatic rings. The molecule has 1 aliphatic rings. The molecule has 11 heteroatoms. The fourth-order valence-corrected chi connectivity index (χ4v) is 5.83. The molecular formula is C36H41F2N3O6. The van der Waals surface area contributed by atoms with E-state index in [1.165, 1.54) is 13.0 Å². The number of Topliss-reactive ketones (excluding diaryl/α,β-unsaturated/α-hetero) is 1. The number of nitrogens with zero attached hydrogens (tertiary/aromatic N) is 1. The van der Waals surface area contributed by atoms with Gasteiger partial charge in [-0.1, -0.05) is 74.5 Å². The number of hydrogen-bond acceptors (Lipinski definition) is 6. The quantitative estimate of drug-likeness (QED) is 0.218. The molecule has 0 aromatic heterocycles. The van der Waals surface area contributed by atoms with Gasteiger partial charge in [0.25, 0.3) is 5.91 Å². The molecule has 5 atom stereocenters. The minimum absolute atomic E-state index is 0.0393. The average Bonchev–Trinajstić information content (AvgIpc) is 3.43. The van der Waals surface area contributed by atoms with E-state index in [4.69, 9.17) is 4.74 Å². The van der Waals surface area contributed by atoms with Gasteiger partial charge >= 0.3 is 6.09 Å². The molecular weight excluding hydrogens is 608 g/mol. The van der Waals surface area contributed by atoms with Crippen molar-refractivity contribution in [3.63, 3.8) is 0 Å². The molecule has 3 aromatic carbocycles. The second kappa shape index (κ2) is 16.3. The Kier molecular flexibility index (Phi) is 12.2. The summed E-state index contributed by atoms with van der Waals surface area (Å²) in [6.45, 7) is 4.83. The predicted octanol–water partition coefficient (Wildman–Crippen LogP) is 4.75. The van der Waals surface area contributed by atoms with Crippen LogP contribution in [0.15, 0.2) is 78.9 Å². The van der Waals surface area contributed by atoms with Crippen LogP contribution in [0.5, 0.6) is 0 Å². The Balaban J connectivity index is 1.53. The van der Waals surface area contributed by atoms with Crippen LogP contribution in [0.25, 0.3) is 0 Å². The molecule has 1 fully saturated rings. The molecule has 0 bridgehead atoms. The maximum atomic E-state index is 13.8. The van der Waals surface area contributed by atoms with E-state index < -0.39 is 47.9 Å². The first-order chi connectivity index (χ1) is 22.4. The minimum atomic E-state index is -1.27. The van der Waals surface area contributed by atoms with Crippen LogP contribution in [0.2, 0.25) is 0 Å². The van der Waals surface area contributed by atoms with E-state index in [-0.39, 0.29) is 55.0 Å². The summed E-state index contributed by atoms with van der Waals surface area (Å²) in [6, 6.07) is 20.2. The molecule has 0 aliphatic carbocycles. The maximum Gasteiger partial charge on any atom is 0.415 e. The fourth-order valence-electron chi connectivity index (χ4n) is 5.83. The Labute approximate surface area is 273 Å². The average molecular weight is 650 g/mol. The van der Waals surface area contributed by atoms with Gasteiger partial charge < -0.3 is 20.5 Å². The number of hydrogen-bond donors (Lipinski definition) is 3. The van der Waals surface area contributed by atoms with Crippen LogP contribution in [0.3, 0.4) is 0 Å². The number of carbonyl (C=O) groups is 4. The zero-order chi connectivity index (χ0) is 34.1. The summed E-state index contributed by atoms with van der Waals surface area (Å²) in [7, 11) is 0. The first kappa shape index (κ1) is 35.2. The molecule has 250 valence electrons. The van der Waals surface area contributed by atoms with Crippen LogP contribution in [-0.2, 0) is 32.0 Å². The number of rotatable bonds is 15. The number of amides is 3. The summed E-state index contributed by atoms with van der Waals surface area (Å²) in [4.78, 5) is 52.4. The summed E-state index contributed by atoms with van der Waals surface area (Å²) in [6.07, 6.45) is -2.32. The number of anilines is 1. The highest BCUT2D eigenvalue weighted by Gasteiger charge is 2.39. The van der Waals surface area contributed by atoms with Crippen LogP contribution in [0, 0.1) is 23.5 Å². The summed E-state index contributed by atoms with van der Waals surface area (Å²) in [5, 5.41) is 17.3. The maximum absolute atomic E-state index is 13.8. The van der Waals surface area contributed by atoms with E-state index in [1.807, 2.05) is 74.5 Å². The first-order valence-corrected chi connectivity index (χ1v) is 15.7. The second-order valence-electron chi connectivity index (χ2n) is 12.3. The van der Waals surface area contributed by atoms with Crippen molar-refractivity contribution >= 4 is 29.4 Å². The number of ether oxygens (including phenoxy) is 1. The lowest BCUT2D eigenvalue weighted by Crippen LogP contribution is -2.50. The highest BCUT2D eigenvalue weighted by molar-refractivity contribution is 5.95. The van der Waals surface area contributed by atoms with E-state index in [1.54, 1.807) is 0 Å². The second-order valence-corrected chi connectivity index (χ2v) is 12.3. The molecule has 0 saturated carbocycles. The number of aliphatic hydroxyl groups excluding tert-OH is 1. The van der Waals surface area contributed by atoms with Crippen molar-refractivity contribution in [2.24, 2.45) is 11.8 Å².